The molecule has 2 aliphatic rings. The third-order valence-electron chi connectivity index (χ3n) is 4.11. The first-order valence-electron chi connectivity index (χ1n) is 6.27. The molecular weight excluding hydrogens is 245 g/mol. The minimum atomic E-state index is -0.343. The normalized spacial score (nSPS) is 23.0. The van der Waals surface area contributed by atoms with Gasteiger partial charge in [0.25, 0.3) is 0 Å². The van der Waals surface area contributed by atoms with Crippen LogP contribution in [0.3, 0.4) is 0 Å². The Balaban J connectivity index is 1.94. The van der Waals surface area contributed by atoms with E-state index in [1.807, 2.05) is 0 Å². The number of hydrogen-bond acceptors (Lipinski definition) is 2. The first-order chi connectivity index (χ1) is 9.16. The van der Waals surface area contributed by atoms with Crippen LogP contribution in [0.25, 0.3) is 5.69 Å². The van der Waals surface area contributed by atoms with Crippen molar-refractivity contribution in [2.75, 3.05) is 0 Å². The zero-order chi connectivity index (χ0) is 13.1. The van der Waals surface area contributed by atoms with Gasteiger partial charge in [-0.05, 0) is 30.7 Å². The van der Waals surface area contributed by atoms with Gasteiger partial charge in [-0.15, -0.1) is 0 Å². The second kappa shape index (κ2) is 3.41. The number of aromatic nitrogens is 1. The number of allylic oxidation sites excluding steroid dienone is 2. The highest BCUT2D eigenvalue weighted by Gasteiger charge is 2.41. The van der Waals surface area contributed by atoms with E-state index in [1.165, 1.54) is 16.7 Å². The van der Waals surface area contributed by atoms with E-state index in [9.17, 15) is 14.6 Å². The zero-order valence-corrected chi connectivity index (χ0v) is 10.0. The third kappa shape index (κ3) is 1.26. The summed E-state index contributed by atoms with van der Waals surface area (Å²) in [5.74, 6) is 0.163. The minimum absolute atomic E-state index is 0.0657. The highest BCUT2D eigenvalue weighted by molar-refractivity contribution is 5.62. The summed E-state index contributed by atoms with van der Waals surface area (Å²) in [7, 11) is 0. The molecule has 96 valence electrons. The quantitative estimate of drug-likeness (QED) is 0.771. The summed E-state index contributed by atoms with van der Waals surface area (Å²) < 4.78 is 14.3. The lowest BCUT2D eigenvalue weighted by Gasteiger charge is -2.09. The fraction of sp³-hybridized carbons (Fsp3) is 0.200. The predicted octanol–water partition coefficient (Wildman–Crippen LogP) is 3.17. The number of hydrogen-bond donors (Lipinski definition) is 2. The van der Waals surface area contributed by atoms with Gasteiger partial charge in [-0.1, -0.05) is 12.2 Å². The standard InChI is InChI=1S/C15H12FNO2/c16-10-3-5-11(6-4-10)17-14(18)12-8-1-2-9(7-8)13(12)15(17)19/h1-6,8-9,18-19H,7H2. The van der Waals surface area contributed by atoms with E-state index in [2.05, 4.69) is 12.2 Å². The SMILES string of the molecule is Oc1c2c(c(O)n1-c1ccc(F)cc1)C1C=CC2C1. The molecule has 2 unspecified atom stereocenters. The van der Waals surface area contributed by atoms with Gasteiger partial charge in [0.15, 0.2) is 0 Å². The van der Waals surface area contributed by atoms with Gasteiger partial charge >= 0.3 is 0 Å². The average Bonchev–Trinajstić information content (AvgIpc) is 3.06. The molecule has 19 heavy (non-hydrogen) atoms. The van der Waals surface area contributed by atoms with Gasteiger partial charge in [0, 0.05) is 23.0 Å². The number of fused-ring (bicyclic) bond motifs is 5. The van der Waals surface area contributed by atoms with E-state index >= 15 is 0 Å². The van der Waals surface area contributed by atoms with Crippen LogP contribution >= 0.6 is 0 Å². The Morgan fingerprint density at radius 2 is 1.47 bits per heavy atom. The molecule has 0 radical (unpaired) electrons. The van der Waals surface area contributed by atoms with Crippen molar-refractivity contribution in [1.29, 1.82) is 0 Å². The first-order valence-corrected chi connectivity index (χ1v) is 6.27. The predicted molar refractivity (Wildman–Crippen MR) is 68.3 cm³/mol. The van der Waals surface area contributed by atoms with E-state index < -0.39 is 0 Å². The zero-order valence-electron chi connectivity index (χ0n) is 10.0. The first kappa shape index (κ1) is 10.7. The summed E-state index contributed by atoms with van der Waals surface area (Å²) >= 11 is 0. The average molecular weight is 257 g/mol. The van der Waals surface area contributed by atoms with Crippen molar-refractivity contribution in [2.24, 2.45) is 0 Å². The smallest absolute Gasteiger partial charge is 0.202 e. The van der Waals surface area contributed by atoms with Crippen LogP contribution < -0.4 is 0 Å². The molecule has 2 bridgehead atoms. The number of aromatic hydroxyl groups is 2. The molecule has 1 heterocycles. The van der Waals surface area contributed by atoms with Crippen LogP contribution in [-0.2, 0) is 0 Å². The van der Waals surface area contributed by atoms with Crippen LogP contribution in [0.1, 0.15) is 29.4 Å². The fourth-order valence-corrected chi connectivity index (χ4v) is 3.28. The van der Waals surface area contributed by atoms with Crippen molar-refractivity contribution in [3.05, 3.63) is 53.4 Å². The van der Waals surface area contributed by atoms with Crippen LogP contribution in [-0.4, -0.2) is 14.8 Å². The Hall–Kier alpha value is -2.23. The Bertz CT molecular complexity index is 664. The second-order valence-electron chi connectivity index (χ2n) is 5.12. The monoisotopic (exact) mass is 257 g/mol. The van der Waals surface area contributed by atoms with Crippen LogP contribution in [0.15, 0.2) is 36.4 Å². The number of nitrogens with zero attached hydrogens (tertiary/aromatic N) is 1. The summed E-state index contributed by atoms with van der Waals surface area (Å²) in [6.45, 7) is 0. The molecule has 1 aromatic carbocycles. The maximum Gasteiger partial charge on any atom is 0.202 e. The van der Waals surface area contributed by atoms with Crippen LogP contribution in [0.5, 0.6) is 11.8 Å². The molecule has 4 heteroatoms. The summed E-state index contributed by atoms with van der Waals surface area (Å²) in [5.41, 5.74) is 2.19. The van der Waals surface area contributed by atoms with Gasteiger partial charge in [0.1, 0.15) is 5.82 Å². The van der Waals surface area contributed by atoms with Gasteiger partial charge in [-0.3, -0.25) is 4.57 Å². The lowest BCUT2D eigenvalue weighted by molar-refractivity contribution is 0.395. The van der Waals surface area contributed by atoms with Gasteiger partial charge in [-0.25, -0.2) is 4.39 Å². The topological polar surface area (TPSA) is 45.4 Å². The van der Waals surface area contributed by atoms with E-state index in [0.717, 1.165) is 17.5 Å². The largest absolute Gasteiger partial charge is 0.494 e. The highest BCUT2D eigenvalue weighted by Crippen LogP contribution is 2.57. The Morgan fingerprint density at radius 3 is 2.00 bits per heavy atom. The summed E-state index contributed by atoms with van der Waals surface area (Å²) in [4.78, 5) is 0. The molecular formula is C15H12FNO2. The summed E-state index contributed by atoms with van der Waals surface area (Å²) in [5, 5.41) is 20.7. The van der Waals surface area contributed by atoms with Gasteiger partial charge < -0.3 is 10.2 Å². The summed E-state index contributed by atoms with van der Waals surface area (Å²) in [6, 6.07) is 5.71. The molecule has 3 nitrogen and oxygen atoms in total. The van der Waals surface area contributed by atoms with E-state index in [1.54, 1.807) is 12.1 Å². The molecule has 2 aromatic rings. The molecule has 0 amide bonds. The van der Waals surface area contributed by atoms with E-state index in [0.29, 0.717) is 5.69 Å². The lowest BCUT2D eigenvalue weighted by atomic mass is 10.0. The maximum atomic E-state index is 13.0. The highest BCUT2D eigenvalue weighted by atomic mass is 19.1. The van der Waals surface area contributed by atoms with Crippen LogP contribution in [0.4, 0.5) is 4.39 Å². The minimum Gasteiger partial charge on any atom is -0.494 e. The third-order valence-corrected chi connectivity index (χ3v) is 4.11. The molecule has 2 atom stereocenters. The van der Waals surface area contributed by atoms with Crippen LogP contribution in [0, 0.1) is 5.82 Å². The molecule has 4 rings (SSSR count). The van der Waals surface area contributed by atoms with Gasteiger partial charge in [-0.2, -0.15) is 0 Å². The van der Waals surface area contributed by atoms with E-state index in [4.69, 9.17) is 0 Å². The van der Waals surface area contributed by atoms with Crippen molar-refractivity contribution < 1.29 is 14.6 Å². The van der Waals surface area contributed by atoms with E-state index in [-0.39, 0.29) is 29.4 Å². The molecule has 2 N–H and O–H groups in total. The Morgan fingerprint density at radius 1 is 0.947 bits per heavy atom. The second-order valence-corrected chi connectivity index (χ2v) is 5.12. The summed E-state index contributed by atoms with van der Waals surface area (Å²) in [6.07, 6.45) is 5.07. The Labute approximate surface area is 109 Å². The molecule has 0 saturated carbocycles. The van der Waals surface area contributed by atoms with Crippen LogP contribution in [0.2, 0.25) is 0 Å². The molecule has 0 spiro atoms. The van der Waals surface area contributed by atoms with Gasteiger partial charge in [0.05, 0.1) is 5.69 Å². The van der Waals surface area contributed by atoms with Crippen molar-refractivity contribution >= 4 is 0 Å². The Kier molecular flexibility index (Phi) is 1.91. The molecule has 2 aliphatic carbocycles. The molecule has 1 aromatic heterocycles. The number of halogens is 1. The number of benzene rings is 1. The number of rotatable bonds is 1. The van der Waals surface area contributed by atoms with Crippen molar-refractivity contribution in [3.63, 3.8) is 0 Å². The van der Waals surface area contributed by atoms with Crippen molar-refractivity contribution in [3.8, 4) is 17.4 Å². The molecule has 0 aliphatic heterocycles. The molecule has 0 saturated heterocycles. The lowest BCUT2D eigenvalue weighted by Crippen LogP contribution is -1.95. The van der Waals surface area contributed by atoms with Gasteiger partial charge in [0.2, 0.25) is 11.8 Å². The fourth-order valence-electron chi connectivity index (χ4n) is 3.28. The van der Waals surface area contributed by atoms with Crippen molar-refractivity contribution in [2.45, 2.75) is 18.3 Å². The molecule has 0 fully saturated rings. The van der Waals surface area contributed by atoms with Crippen molar-refractivity contribution in [1.82, 2.24) is 4.57 Å². The maximum absolute atomic E-state index is 13.0.